The summed E-state index contributed by atoms with van der Waals surface area (Å²) in [6.07, 6.45) is 0. The number of hydrogen-bond donors (Lipinski definition) is 2. The number of aryl methyl sites for hydroxylation is 1. The molecule has 1 aromatic carbocycles. The van der Waals surface area contributed by atoms with Crippen molar-refractivity contribution in [3.05, 3.63) is 33.9 Å². The summed E-state index contributed by atoms with van der Waals surface area (Å²) in [5.74, 6) is -0.525. The highest BCUT2D eigenvalue weighted by Crippen LogP contribution is 2.24. The Bertz CT molecular complexity index is 469. The van der Waals surface area contributed by atoms with Gasteiger partial charge in [-0.15, -0.1) is 0 Å². The van der Waals surface area contributed by atoms with Gasteiger partial charge < -0.3 is 11.1 Å². The van der Waals surface area contributed by atoms with Gasteiger partial charge in [0.05, 0.1) is 4.92 Å². The summed E-state index contributed by atoms with van der Waals surface area (Å²) < 4.78 is 0. The Labute approximate surface area is 99.0 Å². The molecule has 0 unspecified atom stereocenters. The van der Waals surface area contributed by atoms with Crippen LogP contribution in [0.4, 0.5) is 11.4 Å². The van der Waals surface area contributed by atoms with E-state index >= 15 is 0 Å². The monoisotopic (exact) mass is 237 g/mol. The number of carbonyl (C=O) groups is 1. The third kappa shape index (κ3) is 2.93. The molecule has 0 atom stereocenters. The zero-order chi connectivity index (χ0) is 13.2. The number of primary amides is 1. The standard InChI is InChI=1S/C11H15N3O3/c1-7-4-5-8(14(16)17)6-9(7)13-11(2,3)10(12)15/h4-6,13H,1-3H3,(H2,12,15). The smallest absolute Gasteiger partial charge is 0.271 e. The second-order valence-corrected chi connectivity index (χ2v) is 4.37. The van der Waals surface area contributed by atoms with E-state index in [9.17, 15) is 14.9 Å². The molecule has 0 aliphatic heterocycles. The number of nitrogens with one attached hydrogen (secondary N) is 1. The van der Waals surface area contributed by atoms with Gasteiger partial charge in [-0.2, -0.15) is 0 Å². The molecular formula is C11H15N3O3. The number of rotatable bonds is 4. The van der Waals surface area contributed by atoms with Crippen LogP contribution in [0.15, 0.2) is 18.2 Å². The Morgan fingerprint density at radius 1 is 1.47 bits per heavy atom. The molecule has 0 fully saturated rings. The molecule has 92 valence electrons. The number of carbonyl (C=O) groups excluding carboxylic acids is 1. The first-order valence-electron chi connectivity index (χ1n) is 5.07. The van der Waals surface area contributed by atoms with Crippen LogP contribution in [-0.2, 0) is 4.79 Å². The van der Waals surface area contributed by atoms with Crippen molar-refractivity contribution in [2.75, 3.05) is 5.32 Å². The number of nitrogens with zero attached hydrogens (tertiary/aromatic N) is 1. The van der Waals surface area contributed by atoms with Gasteiger partial charge in [0.1, 0.15) is 5.54 Å². The van der Waals surface area contributed by atoms with Gasteiger partial charge in [-0.3, -0.25) is 14.9 Å². The van der Waals surface area contributed by atoms with Crippen molar-refractivity contribution in [1.82, 2.24) is 0 Å². The van der Waals surface area contributed by atoms with Gasteiger partial charge in [-0.1, -0.05) is 6.07 Å². The van der Waals surface area contributed by atoms with Gasteiger partial charge in [0.15, 0.2) is 0 Å². The van der Waals surface area contributed by atoms with Crippen LogP contribution in [0.5, 0.6) is 0 Å². The van der Waals surface area contributed by atoms with Crippen LogP contribution in [0, 0.1) is 17.0 Å². The highest BCUT2D eigenvalue weighted by atomic mass is 16.6. The highest BCUT2D eigenvalue weighted by Gasteiger charge is 2.25. The van der Waals surface area contributed by atoms with Crippen LogP contribution in [0.1, 0.15) is 19.4 Å². The minimum Gasteiger partial charge on any atom is -0.371 e. The van der Waals surface area contributed by atoms with Gasteiger partial charge in [-0.25, -0.2) is 0 Å². The number of amides is 1. The average Bonchev–Trinajstić information content (AvgIpc) is 2.20. The Morgan fingerprint density at radius 2 is 2.06 bits per heavy atom. The Hall–Kier alpha value is -2.11. The van der Waals surface area contributed by atoms with Crippen LogP contribution in [-0.4, -0.2) is 16.4 Å². The first-order chi connectivity index (χ1) is 7.74. The number of nitrogens with two attached hydrogens (primary N) is 1. The van der Waals surface area contributed by atoms with Gasteiger partial charge in [0.25, 0.3) is 5.69 Å². The van der Waals surface area contributed by atoms with E-state index in [-0.39, 0.29) is 5.69 Å². The maximum absolute atomic E-state index is 11.2. The summed E-state index contributed by atoms with van der Waals surface area (Å²) >= 11 is 0. The van der Waals surface area contributed by atoms with Crippen molar-refractivity contribution in [1.29, 1.82) is 0 Å². The zero-order valence-electron chi connectivity index (χ0n) is 9.98. The number of nitro benzene ring substituents is 1. The summed E-state index contributed by atoms with van der Waals surface area (Å²) in [7, 11) is 0. The summed E-state index contributed by atoms with van der Waals surface area (Å²) in [5.41, 5.74) is 5.58. The summed E-state index contributed by atoms with van der Waals surface area (Å²) in [5, 5.41) is 13.6. The van der Waals surface area contributed by atoms with Crippen molar-refractivity contribution >= 4 is 17.3 Å². The van der Waals surface area contributed by atoms with Crippen LogP contribution in [0.25, 0.3) is 0 Å². The number of benzene rings is 1. The third-order valence-electron chi connectivity index (χ3n) is 2.50. The van der Waals surface area contributed by atoms with Gasteiger partial charge >= 0.3 is 0 Å². The molecule has 0 saturated heterocycles. The molecule has 3 N–H and O–H groups in total. The molecule has 1 aromatic rings. The zero-order valence-corrected chi connectivity index (χ0v) is 9.98. The molecule has 1 amide bonds. The molecule has 6 heteroatoms. The van der Waals surface area contributed by atoms with E-state index in [1.165, 1.54) is 12.1 Å². The number of non-ortho nitro benzene ring substituents is 1. The van der Waals surface area contributed by atoms with Crippen LogP contribution in [0.2, 0.25) is 0 Å². The molecule has 17 heavy (non-hydrogen) atoms. The lowest BCUT2D eigenvalue weighted by Gasteiger charge is -2.24. The normalized spacial score (nSPS) is 11.0. The van der Waals surface area contributed by atoms with E-state index in [1.54, 1.807) is 26.8 Å². The molecule has 0 heterocycles. The van der Waals surface area contributed by atoms with Crippen molar-refractivity contribution in [2.24, 2.45) is 5.73 Å². The van der Waals surface area contributed by atoms with Gasteiger partial charge in [0, 0.05) is 17.8 Å². The second-order valence-electron chi connectivity index (χ2n) is 4.37. The molecular weight excluding hydrogens is 222 g/mol. The molecule has 0 aliphatic carbocycles. The summed E-state index contributed by atoms with van der Waals surface area (Å²) in [6, 6.07) is 4.43. The average molecular weight is 237 g/mol. The molecule has 0 spiro atoms. The molecule has 6 nitrogen and oxygen atoms in total. The number of anilines is 1. The van der Waals surface area contributed by atoms with E-state index in [1.807, 2.05) is 0 Å². The molecule has 0 aliphatic rings. The molecule has 0 aromatic heterocycles. The number of hydrogen-bond acceptors (Lipinski definition) is 4. The molecule has 1 rings (SSSR count). The fraction of sp³-hybridized carbons (Fsp3) is 0.364. The second kappa shape index (κ2) is 4.40. The maximum atomic E-state index is 11.2. The SMILES string of the molecule is Cc1ccc([N+](=O)[O-])cc1NC(C)(C)C(N)=O. The summed E-state index contributed by atoms with van der Waals surface area (Å²) in [4.78, 5) is 21.3. The lowest BCUT2D eigenvalue weighted by molar-refractivity contribution is -0.384. The van der Waals surface area contributed by atoms with E-state index in [0.29, 0.717) is 5.69 Å². The summed E-state index contributed by atoms with van der Waals surface area (Å²) in [6.45, 7) is 5.03. The quantitative estimate of drug-likeness (QED) is 0.613. The van der Waals surface area contributed by atoms with E-state index in [4.69, 9.17) is 5.73 Å². The van der Waals surface area contributed by atoms with E-state index < -0.39 is 16.4 Å². The van der Waals surface area contributed by atoms with Crippen molar-refractivity contribution in [3.8, 4) is 0 Å². The first-order valence-corrected chi connectivity index (χ1v) is 5.07. The fourth-order valence-corrected chi connectivity index (χ4v) is 1.26. The molecule has 0 saturated carbocycles. The lowest BCUT2D eigenvalue weighted by Crippen LogP contribution is -2.45. The molecule has 0 radical (unpaired) electrons. The highest BCUT2D eigenvalue weighted by molar-refractivity contribution is 5.87. The predicted molar refractivity (Wildman–Crippen MR) is 64.7 cm³/mol. The predicted octanol–water partition coefficient (Wildman–Crippen LogP) is 1.58. The van der Waals surface area contributed by atoms with Crippen molar-refractivity contribution in [3.63, 3.8) is 0 Å². The van der Waals surface area contributed by atoms with E-state index in [0.717, 1.165) is 5.56 Å². The van der Waals surface area contributed by atoms with Crippen LogP contribution < -0.4 is 11.1 Å². The molecule has 0 bridgehead atoms. The minimum absolute atomic E-state index is 0.0293. The van der Waals surface area contributed by atoms with Crippen molar-refractivity contribution < 1.29 is 9.72 Å². The third-order valence-corrected chi connectivity index (χ3v) is 2.50. The lowest BCUT2D eigenvalue weighted by atomic mass is 10.0. The minimum atomic E-state index is -0.958. The Kier molecular flexibility index (Phi) is 3.36. The van der Waals surface area contributed by atoms with E-state index in [2.05, 4.69) is 5.32 Å². The van der Waals surface area contributed by atoms with Crippen LogP contribution in [0.3, 0.4) is 0 Å². The van der Waals surface area contributed by atoms with Gasteiger partial charge in [-0.05, 0) is 26.3 Å². The van der Waals surface area contributed by atoms with Crippen LogP contribution >= 0.6 is 0 Å². The van der Waals surface area contributed by atoms with Gasteiger partial charge in [0.2, 0.25) is 5.91 Å². The number of nitro groups is 1. The fourth-order valence-electron chi connectivity index (χ4n) is 1.26. The first kappa shape index (κ1) is 13.0. The largest absolute Gasteiger partial charge is 0.371 e. The maximum Gasteiger partial charge on any atom is 0.271 e. The Balaban J connectivity index is 3.10. The Morgan fingerprint density at radius 3 is 2.53 bits per heavy atom. The topological polar surface area (TPSA) is 98.3 Å². The van der Waals surface area contributed by atoms with Crippen molar-refractivity contribution in [2.45, 2.75) is 26.3 Å².